The van der Waals surface area contributed by atoms with E-state index in [9.17, 15) is 0 Å². The Hall–Kier alpha value is -0.0800. The average Bonchev–Trinajstić information content (AvgIpc) is 1.89. The molecule has 1 aliphatic heterocycles. The largest absolute Gasteiger partial charge is 0.329 e. The van der Waals surface area contributed by atoms with Crippen LogP contribution in [-0.2, 0) is 0 Å². The minimum absolute atomic E-state index is 0.582. The van der Waals surface area contributed by atoms with Crippen LogP contribution in [0.3, 0.4) is 0 Å². The molecule has 0 aromatic rings. The van der Waals surface area contributed by atoms with Crippen LogP contribution in [0, 0.1) is 5.92 Å². The van der Waals surface area contributed by atoms with E-state index in [-0.39, 0.29) is 0 Å². The average molecular weight is 128 g/mol. The quantitative estimate of drug-likeness (QED) is 0.534. The highest BCUT2D eigenvalue weighted by molar-refractivity contribution is 4.78. The molecule has 9 heavy (non-hydrogen) atoms. The highest BCUT2D eigenvalue weighted by Gasteiger charge is 2.18. The van der Waals surface area contributed by atoms with Crippen molar-refractivity contribution in [1.82, 2.24) is 5.32 Å². The fourth-order valence-electron chi connectivity index (χ4n) is 1.43. The molecule has 1 rings (SSSR count). The van der Waals surface area contributed by atoms with Crippen LogP contribution in [-0.4, -0.2) is 19.1 Å². The van der Waals surface area contributed by atoms with Crippen molar-refractivity contribution in [1.29, 1.82) is 0 Å². The van der Waals surface area contributed by atoms with Gasteiger partial charge in [0.15, 0.2) is 0 Å². The molecule has 1 saturated heterocycles. The maximum Gasteiger partial charge on any atom is 0.0215 e. The lowest BCUT2D eigenvalue weighted by atomic mass is 9.93. The van der Waals surface area contributed by atoms with Gasteiger partial charge in [0.1, 0.15) is 0 Å². The van der Waals surface area contributed by atoms with Crippen LogP contribution in [0.2, 0.25) is 0 Å². The zero-order valence-corrected chi connectivity index (χ0v) is 6.06. The van der Waals surface area contributed by atoms with Crippen LogP contribution in [0.15, 0.2) is 0 Å². The fourth-order valence-corrected chi connectivity index (χ4v) is 1.43. The summed E-state index contributed by atoms with van der Waals surface area (Å²) in [5.41, 5.74) is 5.53. The molecule has 0 amide bonds. The third-order valence-corrected chi connectivity index (χ3v) is 2.18. The molecule has 0 bridgehead atoms. The first-order valence-electron chi connectivity index (χ1n) is 3.78. The highest BCUT2D eigenvalue weighted by atomic mass is 14.9. The van der Waals surface area contributed by atoms with Gasteiger partial charge in [-0.2, -0.15) is 0 Å². The van der Waals surface area contributed by atoms with E-state index in [4.69, 9.17) is 5.73 Å². The van der Waals surface area contributed by atoms with Crippen LogP contribution < -0.4 is 11.1 Å². The third-order valence-electron chi connectivity index (χ3n) is 2.18. The SMILES string of the molecule is CC1CCCNC1CN. The minimum Gasteiger partial charge on any atom is -0.329 e. The molecule has 2 atom stereocenters. The molecule has 0 spiro atoms. The van der Waals surface area contributed by atoms with Gasteiger partial charge in [0.2, 0.25) is 0 Å². The van der Waals surface area contributed by atoms with Gasteiger partial charge in [0.05, 0.1) is 0 Å². The first kappa shape index (κ1) is 7.03. The molecule has 2 heteroatoms. The van der Waals surface area contributed by atoms with Crippen molar-refractivity contribution in [3.05, 3.63) is 0 Å². The second-order valence-electron chi connectivity index (χ2n) is 2.92. The van der Waals surface area contributed by atoms with E-state index in [0.717, 1.165) is 19.0 Å². The number of nitrogens with one attached hydrogen (secondary N) is 1. The molecule has 1 heterocycles. The standard InChI is InChI=1S/C7H16N2/c1-6-3-2-4-9-7(6)5-8/h6-7,9H,2-5,8H2,1H3. The van der Waals surface area contributed by atoms with Gasteiger partial charge in [-0.3, -0.25) is 0 Å². The van der Waals surface area contributed by atoms with E-state index in [1.54, 1.807) is 0 Å². The summed E-state index contributed by atoms with van der Waals surface area (Å²) in [4.78, 5) is 0. The minimum atomic E-state index is 0.582. The fraction of sp³-hybridized carbons (Fsp3) is 1.00. The number of hydrogen-bond donors (Lipinski definition) is 2. The molecule has 54 valence electrons. The molecule has 2 unspecified atom stereocenters. The lowest BCUT2D eigenvalue weighted by Crippen LogP contribution is -2.44. The van der Waals surface area contributed by atoms with E-state index >= 15 is 0 Å². The number of nitrogens with two attached hydrogens (primary N) is 1. The van der Waals surface area contributed by atoms with E-state index < -0.39 is 0 Å². The van der Waals surface area contributed by atoms with Gasteiger partial charge in [-0.15, -0.1) is 0 Å². The zero-order chi connectivity index (χ0) is 6.69. The van der Waals surface area contributed by atoms with Crippen molar-refractivity contribution >= 4 is 0 Å². The normalized spacial score (nSPS) is 36.7. The van der Waals surface area contributed by atoms with Gasteiger partial charge < -0.3 is 11.1 Å². The molecule has 0 aromatic carbocycles. The van der Waals surface area contributed by atoms with E-state index in [1.807, 2.05) is 0 Å². The van der Waals surface area contributed by atoms with Gasteiger partial charge >= 0.3 is 0 Å². The maximum atomic E-state index is 5.53. The predicted molar refractivity (Wildman–Crippen MR) is 39.2 cm³/mol. The van der Waals surface area contributed by atoms with Crippen molar-refractivity contribution < 1.29 is 0 Å². The number of rotatable bonds is 1. The van der Waals surface area contributed by atoms with E-state index in [0.29, 0.717) is 6.04 Å². The summed E-state index contributed by atoms with van der Waals surface area (Å²) < 4.78 is 0. The third kappa shape index (κ3) is 1.66. The Morgan fingerprint density at radius 1 is 1.67 bits per heavy atom. The number of piperidine rings is 1. The molecule has 3 N–H and O–H groups in total. The van der Waals surface area contributed by atoms with E-state index in [2.05, 4.69) is 12.2 Å². The second kappa shape index (κ2) is 3.18. The predicted octanol–water partition coefficient (Wildman–Crippen LogP) is 0.333. The van der Waals surface area contributed by atoms with Crippen molar-refractivity contribution in [2.45, 2.75) is 25.8 Å². The molecule has 1 aliphatic rings. The lowest BCUT2D eigenvalue weighted by molar-refractivity contribution is 0.306. The van der Waals surface area contributed by atoms with Crippen LogP contribution in [0.25, 0.3) is 0 Å². The van der Waals surface area contributed by atoms with Crippen LogP contribution in [0.4, 0.5) is 0 Å². The van der Waals surface area contributed by atoms with Gasteiger partial charge in [0, 0.05) is 12.6 Å². The summed E-state index contributed by atoms with van der Waals surface area (Å²) in [5, 5.41) is 3.39. The smallest absolute Gasteiger partial charge is 0.0215 e. The summed E-state index contributed by atoms with van der Waals surface area (Å²) in [5.74, 6) is 0.781. The molecule has 2 nitrogen and oxygen atoms in total. The molecule has 1 fully saturated rings. The summed E-state index contributed by atoms with van der Waals surface area (Å²) >= 11 is 0. The molecular formula is C7H16N2. The maximum absolute atomic E-state index is 5.53. The topological polar surface area (TPSA) is 38.0 Å². The molecule has 0 radical (unpaired) electrons. The second-order valence-corrected chi connectivity index (χ2v) is 2.92. The molecular weight excluding hydrogens is 112 g/mol. The van der Waals surface area contributed by atoms with Gasteiger partial charge in [0.25, 0.3) is 0 Å². The Morgan fingerprint density at radius 2 is 2.44 bits per heavy atom. The Balaban J connectivity index is 2.30. The summed E-state index contributed by atoms with van der Waals surface area (Å²) in [6, 6.07) is 0.582. The van der Waals surface area contributed by atoms with Gasteiger partial charge in [-0.1, -0.05) is 6.92 Å². The summed E-state index contributed by atoms with van der Waals surface area (Å²) in [7, 11) is 0. The van der Waals surface area contributed by atoms with Crippen molar-refractivity contribution in [3.8, 4) is 0 Å². The highest BCUT2D eigenvalue weighted by Crippen LogP contribution is 2.13. The van der Waals surface area contributed by atoms with Crippen LogP contribution >= 0.6 is 0 Å². The summed E-state index contributed by atoms with van der Waals surface area (Å²) in [6.45, 7) is 4.22. The zero-order valence-electron chi connectivity index (χ0n) is 6.06. The first-order valence-corrected chi connectivity index (χ1v) is 3.78. The molecule has 0 aromatic heterocycles. The lowest BCUT2D eigenvalue weighted by Gasteiger charge is -2.28. The van der Waals surface area contributed by atoms with Crippen LogP contribution in [0.5, 0.6) is 0 Å². The number of hydrogen-bond acceptors (Lipinski definition) is 2. The van der Waals surface area contributed by atoms with Crippen molar-refractivity contribution in [3.63, 3.8) is 0 Å². The van der Waals surface area contributed by atoms with E-state index in [1.165, 1.54) is 12.8 Å². The molecule has 0 saturated carbocycles. The Morgan fingerprint density at radius 3 is 2.89 bits per heavy atom. The van der Waals surface area contributed by atoms with Crippen molar-refractivity contribution in [2.75, 3.05) is 13.1 Å². The Bertz CT molecular complexity index is 83.0. The van der Waals surface area contributed by atoms with Gasteiger partial charge in [-0.25, -0.2) is 0 Å². The Labute approximate surface area is 56.8 Å². The monoisotopic (exact) mass is 128 g/mol. The molecule has 0 aliphatic carbocycles. The summed E-state index contributed by atoms with van der Waals surface area (Å²) in [6.07, 6.45) is 2.66. The first-order chi connectivity index (χ1) is 4.34. The van der Waals surface area contributed by atoms with Crippen molar-refractivity contribution in [2.24, 2.45) is 11.7 Å². The Kier molecular flexibility index (Phi) is 2.49. The van der Waals surface area contributed by atoms with Gasteiger partial charge in [-0.05, 0) is 25.3 Å². The van der Waals surface area contributed by atoms with Crippen LogP contribution in [0.1, 0.15) is 19.8 Å².